The Morgan fingerprint density at radius 2 is 1.56 bits per heavy atom. The van der Waals surface area contributed by atoms with Crippen LogP contribution in [0.25, 0.3) is 21.9 Å². The molecule has 5 aliphatic rings. The molecule has 0 bridgehead atoms. The van der Waals surface area contributed by atoms with Gasteiger partial charge in [-0.15, -0.1) is 0 Å². The van der Waals surface area contributed by atoms with Gasteiger partial charge in [-0.1, -0.05) is 26.0 Å². The number of hydrogen-bond donors (Lipinski definition) is 0. The summed E-state index contributed by atoms with van der Waals surface area (Å²) in [4.78, 5) is 9.66. The van der Waals surface area contributed by atoms with Crippen LogP contribution in [0.3, 0.4) is 0 Å². The quantitative estimate of drug-likeness (QED) is 0.421. The number of nitrogens with zero attached hydrogens (tertiary/aromatic N) is 4. The lowest BCUT2D eigenvalue weighted by Gasteiger charge is -2.35. The Kier molecular flexibility index (Phi) is 3.47. The van der Waals surface area contributed by atoms with Crippen molar-refractivity contribution >= 4 is 33.3 Å². The SMILES string of the molecule is CN1C=CN2c3cc4c(oc5cc(C6CCC(C)(C)CC6)ccc54)c4c3C(C12)C1N(C)C=CN41. The van der Waals surface area contributed by atoms with Gasteiger partial charge in [0.15, 0.2) is 5.58 Å². The van der Waals surface area contributed by atoms with Gasteiger partial charge in [0, 0.05) is 60.9 Å². The highest BCUT2D eigenvalue weighted by molar-refractivity contribution is 6.13. The zero-order valence-electron chi connectivity index (χ0n) is 20.5. The summed E-state index contributed by atoms with van der Waals surface area (Å²) < 4.78 is 6.75. The second-order valence-corrected chi connectivity index (χ2v) is 11.9. The fraction of sp³-hybridized carbons (Fsp3) is 0.448. The molecule has 1 aliphatic carbocycles. The molecule has 5 heteroatoms. The van der Waals surface area contributed by atoms with Crippen molar-refractivity contribution < 1.29 is 4.42 Å². The predicted molar refractivity (Wildman–Crippen MR) is 138 cm³/mol. The monoisotopic (exact) mass is 452 g/mol. The van der Waals surface area contributed by atoms with Crippen LogP contribution in [0, 0.1) is 5.41 Å². The summed E-state index contributed by atoms with van der Waals surface area (Å²) >= 11 is 0. The molecule has 0 saturated heterocycles. The van der Waals surface area contributed by atoms with Gasteiger partial charge in [0.05, 0.1) is 11.6 Å². The minimum absolute atomic E-state index is 0.297. The van der Waals surface area contributed by atoms with Crippen LogP contribution in [-0.2, 0) is 0 Å². The van der Waals surface area contributed by atoms with Gasteiger partial charge < -0.3 is 24.0 Å². The van der Waals surface area contributed by atoms with Gasteiger partial charge in [-0.05, 0) is 54.7 Å². The van der Waals surface area contributed by atoms with E-state index in [2.05, 4.69) is 96.6 Å². The van der Waals surface area contributed by atoms with E-state index in [4.69, 9.17) is 4.42 Å². The van der Waals surface area contributed by atoms with Gasteiger partial charge in [0.25, 0.3) is 0 Å². The highest BCUT2D eigenvalue weighted by Crippen LogP contribution is 2.60. The zero-order chi connectivity index (χ0) is 22.9. The van der Waals surface area contributed by atoms with Crippen LogP contribution >= 0.6 is 0 Å². The van der Waals surface area contributed by atoms with E-state index in [1.165, 1.54) is 59.0 Å². The number of fused-ring (bicyclic) bond motifs is 10. The molecule has 1 saturated carbocycles. The first-order valence-corrected chi connectivity index (χ1v) is 12.8. The van der Waals surface area contributed by atoms with Crippen molar-refractivity contribution in [2.45, 2.75) is 63.7 Å². The molecule has 1 aromatic heterocycles. The second kappa shape index (κ2) is 6.12. The summed E-state index contributed by atoms with van der Waals surface area (Å²) in [7, 11) is 4.40. The Balaban J connectivity index is 1.31. The average molecular weight is 453 g/mol. The third-order valence-electron chi connectivity index (χ3n) is 9.43. The van der Waals surface area contributed by atoms with Crippen LogP contribution in [0.2, 0.25) is 0 Å². The van der Waals surface area contributed by atoms with Crippen molar-refractivity contribution in [2.24, 2.45) is 5.41 Å². The number of rotatable bonds is 1. The minimum Gasteiger partial charge on any atom is -0.454 e. The minimum atomic E-state index is 0.297. The molecular weight excluding hydrogens is 420 g/mol. The molecule has 2 aromatic carbocycles. The molecule has 0 spiro atoms. The molecule has 8 rings (SSSR count). The molecule has 3 atom stereocenters. The molecule has 0 radical (unpaired) electrons. The maximum atomic E-state index is 6.75. The van der Waals surface area contributed by atoms with E-state index in [0.29, 0.717) is 29.6 Å². The lowest BCUT2D eigenvalue weighted by Crippen LogP contribution is -2.47. The van der Waals surface area contributed by atoms with Crippen LogP contribution in [0.4, 0.5) is 11.4 Å². The van der Waals surface area contributed by atoms with Gasteiger partial charge in [-0.2, -0.15) is 0 Å². The van der Waals surface area contributed by atoms with Gasteiger partial charge in [0.2, 0.25) is 0 Å². The number of likely N-dealkylation sites (N-methyl/N-ethyl adjacent to an activating group) is 2. The molecule has 5 nitrogen and oxygen atoms in total. The first-order chi connectivity index (χ1) is 16.4. The van der Waals surface area contributed by atoms with E-state index < -0.39 is 0 Å². The van der Waals surface area contributed by atoms with Gasteiger partial charge in [-0.3, -0.25) is 0 Å². The number of furan rings is 1. The maximum Gasteiger partial charge on any atom is 0.159 e. The largest absolute Gasteiger partial charge is 0.454 e. The molecular formula is C29H32N4O. The highest BCUT2D eigenvalue weighted by Gasteiger charge is 2.56. The Hall–Kier alpha value is -3.08. The molecule has 34 heavy (non-hydrogen) atoms. The average Bonchev–Trinajstić information content (AvgIpc) is 3.58. The molecule has 174 valence electrons. The molecule has 3 unspecified atom stereocenters. The normalized spacial score (nSPS) is 28.6. The fourth-order valence-electron chi connectivity index (χ4n) is 7.53. The van der Waals surface area contributed by atoms with Gasteiger partial charge >= 0.3 is 0 Å². The lowest BCUT2D eigenvalue weighted by molar-refractivity contribution is 0.224. The maximum absolute atomic E-state index is 6.75. The van der Waals surface area contributed by atoms with Crippen LogP contribution in [0.15, 0.2) is 53.5 Å². The fourth-order valence-corrected chi connectivity index (χ4v) is 7.53. The van der Waals surface area contributed by atoms with Crippen molar-refractivity contribution in [3.05, 3.63) is 60.2 Å². The number of benzene rings is 2. The summed E-state index contributed by atoms with van der Waals surface area (Å²) in [6.45, 7) is 4.83. The standard InChI is InChI=1S/C29H32N4O/c1-29(2)9-7-17(8-10-29)18-5-6-19-20-16-21-23-24(27-30(3)11-13-32(21)27)28-31(4)12-14-33(28)25(23)26(20)34-22(19)15-18/h5-6,11-17,24,27-28H,7-10H2,1-4H3. The Labute approximate surface area is 200 Å². The Bertz CT molecular complexity index is 1420. The van der Waals surface area contributed by atoms with E-state index in [1.807, 2.05) is 0 Å². The van der Waals surface area contributed by atoms with Crippen LogP contribution in [0.5, 0.6) is 0 Å². The first kappa shape index (κ1) is 19.2. The van der Waals surface area contributed by atoms with Crippen LogP contribution in [-0.4, -0.2) is 36.2 Å². The summed E-state index contributed by atoms with van der Waals surface area (Å²) in [5.74, 6) is 1.05. The van der Waals surface area contributed by atoms with Crippen LogP contribution in [0.1, 0.15) is 62.5 Å². The lowest BCUT2D eigenvalue weighted by atomic mass is 9.71. The highest BCUT2D eigenvalue weighted by atomic mass is 16.3. The molecule has 0 amide bonds. The van der Waals surface area contributed by atoms with Crippen molar-refractivity contribution in [3.8, 4) is 0 Å². The molecule has 4 aliphatic heterocycles. The van der Waals surface area contributed by atoms with Crippen molar-refractivity contribution in [3.63, 3.8) is 0 Å². The summed E-state index contributed by atoms with van der Waals surface area (Å²) in [5.41, 5.74) is 8.10. The Morgan fingerprint density at radius 3 is 2.32 bits per heavy atom. The van der Waals surface area contributed by atoms with E-state index in [-0.39, 0.29) is 0 Å². The third-order valence-corrected chi connectivity index (χ3v) is 9.43. The third kappa shape index (κ3) is 2.26. The predicted octanol–water partition coefficient (Wildman–Crippen LogP) is 6.48. The van der Waals surface area contributed by atoms with Crippen LogP contribution < -0.4 is 9.80 Å². The van der Waals surface area contributed by atoms with Crippen molar-refractivity contribution in [1.29, 1.82) is 0 Å². The van der Waals surface area contributed by atoms with E-state index >= 15 is 0 Å². The first-order valence-electron chi connectivity index (χ1n) is 12.8. The van der Waals surface area contributed by atoms with Gasteiger partial charge in [-0.25, -0.2) is 0 Å². The molecule has 0 N–H and O–H groups in total. The topological polar surface area (TPSA) is 26.1 Å². The Morgan fingerprint density at radius 1 is 0.853 bits per heavy atom. The molecule has 3 aromatic rings. The van der Waals surface area contributed by atoms with Gasteiger partial charge in [0.1, 0.15) is 17.9 Å². The summed E-state index contributed by atoms with van der Waals surface area (Å²) in [6.07, 6.45) is 14.7. The zero-order valence-corrected chi connectivity index (χ0v) is 20.5. The summed E-state index contributed by atoms with van der Waals surface area (Å²) in [5, 5.41) is 2.48. The van der Waals surface area contributed by atoms with E-state index in [9.17, 15) is 0 Å². The number of anilines is 2. The van der Waals surface area contributed by atoms with E-state index in [1.54, 1.807) is 0 Å². The summed E-state index contributed by atoms with van der Waals surface area (Å²) in [6, 6.07) is 9.43. The molecule has 1 fully saturated rings. The van der Waals surface area contributed by atoms with Crippen molar-refractivity contribution in [2.75, 3.05) is 23.9 Å². The molecule has 5 heterocycles. The van der Waals surface area contributed by atoms with E-state index in [0.717, 1.165) is 11.2 Å². The second-order valence-electron chi connectivity index (χ2n) is 11.9. The van der Waals surface area contributed by atoms with Crippen molar-refractivity contribution in [1.82, 2.24) is 9.80 Å². The number of hydrogen-bond acceptors (Lipinski definition) is 5. The smallest absolute Gasteiger partial charge is 0.159 e.